The van der Waals surface area contributed by atoms with Gasteiger partial charge >= 0.3 is 0 Å². The van der Waals surface area contributed by atoms with Gasteiger partial charge in [-0.25, -0.2) is 4.39 Å². The Hall–Kier alpha value is -1.95. The zero-order valence-electron chi connectivity index (χ0n) is 13.6. The molecule has 0 unspecified atom stereocenters. The second kappa shape index (κ2) is 8.62. The summed E-state index contributed by atoms with van der Waals surface area (Å²) in [5, 5.41) is 2.64. The van der Waals surface area contributed by atoms with Crippen molar-refractivity contribution in [1.29, 1.82) is 0 Å². The molecule has 0 aliphatic carbocycles. The molecule has 0 saturated carbocycles. The molecule has 0 bridgehead atoms. The Morgan fingerprint density at radius 2 is 1.87 bits per heavy atom. The molecule has 1 aliphatic heterocycles. The number of rotatable bonds is 6. The van der Waals surface area contributed by atoms with Gasteiger partial charge in [-0.2, -0.15) is 0 Å². The van der Waals surface area contributed by atoms with Crippen LogP contribution < -0.4 is 5.32 Å². The Labute approximate surface area is 136 Å². The molecule has 1 saturated heterocycles. The molecule has 2 amide bonds. The van der Waals surface area contributed by atoms with Crippen molar-refractivity contribution in [2.45, 2.75) is 19.8 Å². The summed E-state index contributed by atoms with van der Waals surface area (Å²) in [6.07, 6.45) is 1.03. The number of hydrogen-bond acceptors (Lipinski definition) is 3. The van der Waals surface area contributed by atoms with E-state index in [4.69, 9.17) is 0 Å². The molecule has 0 atom stereocenters. The molecular formula is C17H24FN3O2. The summed E-state index contributed by atoms with van der Waals surface area (Å²) in [6, 6.07) is 6.85. The van der Waals surface area contributed by atoms with Crippen LogP contribution in [0.25, 0.3) is 0 Å². The molecule has 6 heteroatoms. The lowest BCUT2D eigenvalue weighted by Crippen LogP contribution is -2.49. The quantitative estimate of drug-likeness (QED) is 0.852. The SMILES string of the molecule is CC(=O)NCCC(=O)N1CCN(CCc2ccccc2F)CC1. The molecular weight excluding hydrogens is 297 g/mol. The highest BCUT2D eigenvalue weighted by Crippen LogP contribution is 2.09. The minimum absolute atomic E-state index is 0.0764. The van der Waals surface area contributed by atoms with Gasteiger partial charge in [-0.15, -0.1) is 0 Å². The molecule has 1 aromatic carbocycles. The van der Waals surface area contributed by atoms with Crippen LogP contribution in [-0.4, -0.2) is 60.9 Å². The van der Waals surface area contributed by atoms with Gasteiger partial charge in [0, 0.05) is 52.6 Å². The zero-order chi connectivity index (χ0) is 16.7. The summed E-state index contributed by atoms with van der Waals surface area (Å²) in [6.45, 7) is 5.63. The monoisotopic (exact) mass is 321 g/mol. The zero-order valence-corrected chi connectivity index (χ0v) is 13.6. The van der Waals surface area contributed by atoms with E-state index in [2.05, 4.69) is 10.2 Å². The van der Waals surface area contributed by atoms with Crippen LogP contribution in [0.3, 0.4) is 0 Å². The van der Waals surface area contributed by atoms with Gasteiger partial charge in [-0.1, -0.05) is 18.2 Å². The Balaban J connectivity index is 1.68. The van der Waals surface area contributed by atoms with Crippen molar-refractivity contribution in [1.82, 2.24) is 15.1 Å². The van der Waals surface area contributed by atoms with Gasteiger partial charge in [0.05, 0.1) is 0 Å². The van der Waals surface area contributed by atoms with Crippen LogP contribution >= 0.6 is 0 Å². The van der Waals surface area contributed by atoms with Gasteiger partial charge in [0.25, 0.3) is 0 Å². The van der Waals surface area contributed by atoms with Gasteiger partial charge in [0.1, 0.15) is 5.82 Å². The van der Waals surface area contributed by atoms with E-state index in [-0.39, 0.29) is 17.6 Å². The number of hydrogen-bond donors (Lipinski definition) is 1. The molecule has 1 aromatic rings. The van der Waals surface area contributed by atoms with Crippen LogP contribution in [0.15, 0.2) is 24.3 Å². The van der Waals surface area contributed by atoms with Crippen molar-refractivity contribution in [3.8, 4) is 0 Å². The van der Waals surface area contributed by atoms with E-state index in [1.807, 2.05) is 17.0 Å². The molecule has 5 nitrogen and oxygen atoms in total. The van der Waals surface area contributed by atoms with Crippen molar-refractivity contribution in [2.75, 3.05) is 39.3 Å². The van der Waals surface area contributed by atoms with Crippen molar-refractivity contribution in [3.05, 3.63) is 35.6 Å². The average molecular weight is 321 g/mol. The molecule has 1 N–H and O–H groups in total. The fraction of sp³-hybridized carbons (Fsp3) is 0.529. The standard InChI is InChI=1S/C17H24FN3O2/c1-14(22)19-8-6-17(23)21-12-10-20(11-13-21)9-7-15-4-2-3-5-16(15)18/h2-5H,6-13H2,1H3,(H,19,22). The van der Waals surface area contributed by atoms with Crippen LogP contribution in [0.5, 0.6) is 0 Å². The Bertz CT molecular complexity index is 542. The van der Waals surface area contributed by atoms with Crippen molar-refractivity contribution >= 4 is 11.8 Å². The van der Waals surface area contributed by atoms with E-state index in [0.717, 1.165) is 25.2 Å². The van der Waals surface area contributed by atoms with Crippen LogP contribution in [-0.2, 0) is 16.0 Å². The maximum atomic E-state index is 13.6. The summed E-state index contributed by atoms with van der Waals surface area (Å²) in [5.41, 5.74) is 0.737. The Morgan fingerprint density at radius 3 is 2.52 bits per heavy atom. The molecule has 1 fully saturated rings. The van der Waals surface area contributed by atoms with E-state index in [1.165, 1.54) is 13.0 Å². The van der Waals surface area contributed by atoms with Crippen LogP contribution in [0.4, 0.5) is 4.39 Å². The third kappa shape index (κ3) is 5.63. The summed E-state index contributed by atoms with van der Waals surface area (Å²) in [4.78, 5) is 26.9. The number of nitrogens with one attached hydrogen (secondary N) is 1. The molecule has 126 valence electrons. The smallest absolute Gasteiger partial charge is 0.224 e. The third-order valence-electron chi connectivity index (χ3n) is 4.09. The number of nitrogens with zero attached hydrogens (tertiary/aromatic N) is 2. The fourth-order valence-electron chi connectivity index (χ4n) is 2.70. The first-order valence-electron chi connectivity index (χ1n) is 8.04. The average Bonchev–Trinajstić information content (AvgIpc) is 2.54. The molecule has 0 spiro atoms. The first kappa shape index (κ1) is 17.4. The lowest BCUT2D eigenvalue weighted by atomic mass is 10.1. The maximum Gasteiger partial charge on any atom is 0.224 e. The third-order valence-corrected chi connectivity index (χ3v) is 4.09. The van der Waals surface area contributed by atoms with Crippen molar-refractivity contribution in [2.24, 2.45) is 0 Å². The normalized spacial score (nSPS) is 15.5. The number of benzene rings is 1. The van der Waals surface area contributed by atoms with Crippen LogP contribution in [0, 0.1) is 5.82 Å². The Kier molecular flexibility index (Phi) is 6.52. The largest absolute Gasteiger partial charge is 0.356 e. The van der Waals surface area contributed by atoms with Crippen LogP contribution in [0.1, 0.15) is 18.9 Å². The summed E-state index contributed by atoms with van der Waals surface area (Å²) in [5.74, 6) is -0.192. The van der Waals surface area contributed by atoms with Gasteiger partial charge in [0.15, 0.2) is 0 Å². The highest BCUT2D eigenvalue weighted by atomic mass is 19.1. The fourth-order valence-corrected chi connectivity index (χ4v) is 2.70. The first-order valence-corrected chi connectivity index (χ1v) is 8.04. The highest BCUT2D eigenvalue weighted by molar-refractivity contribution is 5.78. The van der Waals surface area contributed by atoms with Gasteiger partial charge in [-0.3, -0.25) is 14.5 Å². The Morgan fingerprint density at radius 1 is 1.17 bits per heavy atom. The second-order valence-electron chi connectivity index (χ2n) is 5.80. The summed E-state index contributed by atoms with van der Waals surface area (Å²) >= 11 is 0. The minimum Gasteiger partial charge on any atom is -0.356 e. The maximum absolute atomic E-state index is 13.6. The van der Waals surface area contributed by atoms with Crippen molar-refractivity contribution < 1.29 is 14.0 Å². The topological polar surface area (TPSA) is 52.7 Å². The highest BCUT2D eigenvalue weighted by Gasteiger charge is 2.20. The van der Waals surface area contributed by atoms with E-state index in [9.17, 15) is 14.0 Å². The van der Waals surface area contributed by atoms with Crippen LogP contribution in [0.2, 0.25) is 0 Å². The van der Waals surface area contributed by atoms with E-state index in [1.54, 1.807) is 6.07 Å². The van der Waals surface area contributed by atoms with Gasteiger partial charge < -0.3 is 10.2 Å². The second-order valence-corrected chi connectivity index (χ2v) is 5.80. The van der Waals surface area contributed by atoms with E-state index in [0.29, 0.717) is 32.5 Å². The lowest BCUT2D eigenvalue weighted by molar-refractivity contribution is -0.132. The number of carbonyl (C=O) groups is 2. The van der Waals surface area contributed by atoms with E-state index < -0.39 is 0 Å². The number of piperazine rings is 1. The van der Waals surface area contributed by atoms with Gasteiger partial charge in [0.2, 0.25) is 11.8 Å². The number of carbonyl (C=O) groups excluding carboxylic acids is 2. The van der Waals surface area contributed by atoms with Crippen molar-refractivity contribution in [3.63, 3.8) is 0 Å². The summed E-state index contributed by atoms with van der Waals surface area (Å²) < 4.78 is 13.6. The van der Waals surface area contributed by atoms with E-state index >= 15 is 0 Å². The molecule has 1 heterocycles. The predicted molar refractivity (Wildman–Crippen MR) is 86.4 cm³/mol. The lowest BCUT2D eigenvalue weighted by Gasteiger charge is -2.34. The first-order chi connectivity index (χ1) is 11.1. The summed E-state index contributed by atoms with van der Waals surface area (Å²) in [7, 11) is 0. The molecule has 23 heavy (non-hydrogen) atoms. The van der Waals surface area contributed by atoms with Gasteiger partial charge in [-0.05, 0) is 18.1 Å². The number of amides is 2. The molecule has 0 aromatic heterocycles. The predicted octanol–water partition coefficient (Wildman–Crippen LogP) is 1.04. The minimum atomic E-state index is -0.153. The molecule has 0 radical (unpaired) electrons. The number of halogens is 1. The molecule has 1 aliphatic rings. The molecule has 2 rings (SSSR count).